The molecule has 0 fully saturated rings. The number of hydrogen-bond donors (Lipinski definition) is 4. The summed E-state index contributed by atoms with van der Waals surface area (Å²) in [6.07, 6.45) is 2.66. The van der Waals surface area contributed by atoms with Crippen LogP contribution in [-0.4, -0.2) is 61.2 Å². The Balaban J connectivity index is 1.86. The number of ketones is 2. The first-order valence-corrected chi connectivity index (χ1v) is 12.3. The van der Waals surface area contributed by atoms with Crippen LogP contribution in [0, 0.1) is 0 Å². The molecule has 0 atom stereocenters. The Labute approximate surface area is 216 Å². The van der Waals surface area contributed by atoms with Crippen molar-refractivity contribution in [1.82, 2.24) is 0 Å². The Hall–Kier alpha value is -3.85. The highest BCUT2D eigenvalue weighted by Crippen LogP contribution is 2.40. The molecule has 37 heavy (non-hydrogen) atoms. The summed E-state index contributed by atoms with van der Waals surface area (Å²) in [5, 5.41) is 27.3. The number of Topliss-reactive ketones (excluding diaryl/α,β-unsaturated/α-hetero) is 1. The first-order valence-electron chi connectivity index (χ1n) is 12.3. The Morgan fingerprint density at radius 3 is 2.11 bits per heavy atom. The van der Waals surface area contributed by atoms with Crippen molar-refractivity contribution in [2.45, 2.75) is 39.0 Å². The number of methoxy groups -OCH3 is 1. The lowest BCUT2D eigenvalue weighted by Gasteiger charge is -2.18. The van der Waals surface area contributed by atoms with Crippen molar-refractivity contribution in [2.24, 2.45) is 0 Å². The van der Waals surface area contributed by atoms with Gasteiger partial charge in [0.05, 0.1) is 23.3 Å². The molecule has 0 unspecified atom stereocenters. The number of carbonyl (C=O) groups excluding carboxylic acids is 3. The van der Waals surface area contributed by atoms with E-state index in [9.17, 15) is 24.6 Å². The number of aromatic hydroxyl groups is 2. The van der Waals surface area contributed by atoms with Crippen LogP contribution in [-0.2, 0) is 20.7 Å². The molecule has 0 amide bonds. The quantitative estimate of drug-likeness (QED) is 0.135. The molecule has 4 N–H and O–H groups in total. The molecule has 0 radical (unpaired) electrons. The number of phenols is 2. The maximum Gasteiger partial charge on any atom is 0.333 e. The fourth-order valence-electron chi connectivity index (χ4n) is 4.19. The van der Waals surface area contributed by atoms with Crippen LogP contribution in [0.4, 0.5) is 11.4 Å². The third kappa shape index (κ3) is 6.68. The van der Waals surface area contributed by atoms with Crippen LogP contribution in [0.1, 0.15) is 64.4 Å². The highest BCUT2D eigenvalue weighted by atomic mass is 16.5. The van der Waals surface area contributed by atoms with Gasteiger partial charge < -0.3 is 30.3 Å². The number of nitrogens with one attached hydrogen (secondary N) is 2. The summed E-state index contributed by atoms with van der Waals surface area (Å²) in [6, 6.07) is 6.02. The number of hydrogen-bond acceptors (Lipinski definition) is 9. The van der Waals surface area contributed by atoms with E-state index in [1.165, 1.54) is 12.1 Å². The number of rotatable bonds is 13. The molecule has 0 aliphatic heterocycles. The fraction of sp³-hybridized carbons (Fsp3) is 0.393. The lowest BCUT2D eigenvalue weighted by Crippen LogP contribution is -2.16. The van der Waals surface area contributed by atoms with E-state index in [0.29, 0.717) is 49.5 Å². The SMILES string of the molecule is C=C(C)C(=O)OCCCCNc1ccc(NCCCCOC)c2c1C(=O)Cc1c(O)ccc(O)c1C2=O. The average Bonchev–Trinajstić information content (AvgIpc) is 2.99. The number of anilines is 2. The zero-order valence-electron chi connectivity index (χ0n) is 21.3. The Morgan fingerprint density at radius 2 is 1.49 bits per heavy atom. The van der Waals surface area contributed by atoms with Gasteiger partial charge in [-0.25, -0.2) is 4.79 Å². The monoisotopic (exact) mass is 510 g/mol. The summed E-state index contributed by atoms with van der Waals surface area (Å²) in [5.41, 5.74) is 1.75. The minimum Gasteiger partial charge on any atom is -0.508 e. The van der Waals surface area contributed by atoms with Gasteiger partial charge in [-0.3, -0.25) is 9.59 Å². The summed E-state index contributed by atoms with van der Waals surface area (Å²) in [4.78, 5) is 38.7. The summed E-state index contributed by atoms with van der Waals surface area (Å²) >= 11 is 0. The molecule has 0 spiro atoms. The van der Waals surface area contributed by atoms with E-state index in [0.717, 1.165) is 12.8 Å². The van der Waals surface area contributed by atoms with E-state index in [-0.39, 0.29) is 52.6 Å². The number of phenolic OH excluding ortho intramolecular Hbond substituents is 2. The molecule has 9 heteroatoms. The molecule has 0 saturated heterocycles. The maximum atomic E-state index is 13.7. The molecule has 9 nitrogen and oxygen atoms in total. The summed E-state index contributed by atoms with van der Waals surface area (Å²) in [5.74, 6) is -1.80. The topological polar surface area (TPSA) is 134 Å². The van der Waals surface area contributed by atoms with Gasteiger partial charge in [-0.1, -0.05) is 6.58 Å². The van der Waals surface area contributed by atoms with Crippen molar-refractivity contribution < 1.29 is 34.1 Å². The Bertz CT molecular complexity index is 1190. The molecule has 0 bridgehead atoms. The molecule has 0 saturated carbocycles. The molecule has 2 aromatic rings. The lowest BCUT2D eigenvalue weighted by molar-refractivity contribution is -0.139. The van der Waals surface area contributed by atoms with Gasteiger partial charge in [0, 0.05) is 55.7 Å². The first-order chi connectivity index (χ1) is 17.8. The average molecular weight is 511 g/mol. The molecule has 2 aromatic carbocycles. The number of carbonyl (C=O) groups is 3. The van der Waals surface area contributed by atoms with Crippen molar-refractivity contribution in [3.05, 3.63) is 58.7 Å². The third-order valence-corrected chi connectivity index (χ3v) is 6.10. The van der Waals surface area contributed by atoms with Crippen LogP contribution in [0.5, 0.6) is 11.5 Å². The van der Waals surface area contributed by atoms with E-state index in [1.807, 2.05) is 0 Å². The third-order valence-electron chi connectivity index (χ3n) is 6.10. The first kappa shape index (κ1) is 27.7. The second kappa shape index (κ2) is 12.9. The molecule has 1 aliphatic rings. The van der Waals surface area contributed by atoms with Crippen LogP contribution in [0.2, 0.25) is 0 Å². The van der Waals surface area contributed by atoms with E-state index < -0.39 is 11.8 Å². The van der Waals surface area contributed by atoms with Gasteiger partial charge in [0.15, 0.2) is 11.6 Å². The van der Waals surface area contributed by atoms with Gasteiger partial charge in [0.25, 0.3) is 0 Å². The Kier molecular flexibility index (Phi) is 9.68. The van der Waals surface area contributed by atoms with E-state index >= 15 is 0 Å². The van der Waals surface area contributed by atoms with Gasteiger partial charge in [0.2, 0.25) is 0 Å². The fourth-order valence-corrected chi connectivity index (χ4v) is 4.19. The second-order valence-corrected chi connectivity index (χ2v) is 8.97. The standard InChI is InChI=1S/C28H34N2O7/c1-17(2)28(35)37-15-7-5-13-29-19-8-9-20(30-12-4-6-14-36-3)26-25(19)23(33)16-18-21(31)10-11-22(32)24(18)27(26)34/h8-11,29-32H,1,4-7,12-16H2,2-3H3. The van der Waals surface area contributed by atoms with Crippen LogP contribution in [0.25, 0.3) is 0 Å². The molecular weight excluding hydrogens is 476 g/mol. The van der Waals surface area contributed by atoms with Gasteiger partial charge in [-0.05, 0) is 56.9 Å². The lowest BCUT2D eigenvalue weighted by atomic mass is 9.94. The second-order valence-electron chi connectivity index (χ2n) is 8.97. The highest BCUT2D eigenvalue weighted by molar-refractivity contribution is 6.24. The number of ether oxygens (including phenoxy) is 2. The number of esters is 1. The normalized spacial score (nSPS) is 12.4. The molecule has 3 rings (SSSR count). The van der Waals surface area contributed by atoms with Crippen LogP contribution in [0.15, 0.2) is 36.4 Å². The van der Waals surface area contributed by atoms with Gasteiger partial charge in [-0.15, -0.1) is 0 Å². The van der Waals surface area contributed by atoms with E-state index in [4.69, 9.17) is 9.47 Å². The molecule has 1 aliphatic carbocycles. The largest absolute Gasteiger partial charge is 0.508 e. The van der Waals surface area contributed by atoms with Crippen molar-refractivity contribution in [3.63, 3.8) is 0 Å². The minimum absolute atomic E-state index is 0.0639. The zero-order valence-corrected chi connectivity index (χ0v) is 21.3. The Morgan fingerprint density at radius 1 is 0.892 bits per heavy atom. The highest BCUT2D eigenvalue weighted by Gasteiger charge is 2.34. The van der Waals surface area contributed by atoms with Crippen LogP contribution in [0.3, 0.4) is 0 Å². The van der Waals surface area contributed by atoms with E-state index in [1.54, 1.807) is 26.2 Å². The maximum absolute atomic E-state index is 13.7. The van der Waals surface area contributed by atoms with Crippen molar-refractivity contribution >= 4 is 28.9 Å². The van der Waals surface area contributed by atoms with Gasteiger partial charge in [-0.2, -0.15) is 0 Å². The smallest absolute Gasteiger partial charge is 0.333 e. The van der Waals surface area contributed by atoms with Crippen molar-refractivity contribution in [3.8, 4) is 11.5 Å². The summed E-state index contributed by atoms with van der Waals surface area (Å²) in [7, 11) is 1.64. The zero-order chi connectivity index (χ0) is 26.9. The van der Waals surface area contributed by atoms with E-state index in [2.05, 4.69) is 17.2 Å². The summed E-state index contributed by atoms with van der Waals surface area (Å²) < 4.78 is 10.2. The summed E-state index contributed by atoms with van der Waals surface area (Å²) in [6.45, 7) is 7.04. The van der Waals surface area contributed by atoms with Crippen molar-refractivity contribution in [1.29, 1.82) is 0 Å². The van der Waals surface area contributed by atoms with Crippen LogP contribution < -0.4 is 10.6 Å². The predicted molar refractivity (Wildman–Crippen MR) is 141 cm³/mol. The number of benzene rings is 2. The van der Waals surface area contributed by atoms with Crippen LogP contribution >= 0.6 is 0 Å². The predicted octanol–water partition coefficient (Wildman–Crippen LogP) is 4.22. The van der Waals surface area contributed by atoms with Crippen molar-refractivity contribution in [2.75, 3.05) is 44.0 Å². The number of fused-ring (bicyclic) bond motifs is 2. The molecule has 0 aromatic heterocycles. The molecule has 0 heterocycles. The van der Waals surface area contributed by atoms with Gasteiger partial charge in [0.1, 0.15) is 11.5 Å². The van der Waals surface area contributed by atoms with Gasteiger partial charge >= 0.3 is 5.97 Å². The minimum atomic E-state index is -0.529. The molecular formula is C28H34N2O7. The molecule has 198 valence electrons. The number of unbranched alkanes of at least 4 members (excludes halogenated alkanes) is 2.